The van der Waals surface area contributed by atoms with Crippen molar-refractivity contribution in [2.45, 2.75) is 31.7 Å². The van der Waals surface area contributed by atoms with Crippen molar-refractivity contribution in [3.05, 3.63) is 24.3 Å². The third kappa shape index (κ3) is 5.31. The molecule has 5 nitrogen and oxygen atoms in total. The molecule has 0 radical (unpaired) electrons. The lowest BCUT2D eigenvalue weighted by atomic mass is 9.85. The van der Waals surface area contributed by atoms with Gasteiger partial charge >= 0.3 is 0 Å². The smallest absolute Gasteiger partial charge is 0.227 e. The molecule has 0 bridgehead atoms. The maximum Gasteiger partial charge on any atom is 0.227 e. The highest BCUT2D eigenvalue weighted by Gasteiger charge is 2.25. The first kappa shape index (κ1) is 16.8. The van der Waals surface area contributed by atoms with Crippen LogP contribution in [0.4, 0.5) is 5.69 Å². The molecule has 2 unspecified atom stereocenters. The number of nitrogens with zero attached hydrogens (tertiary/aromatic N) is 1. The van der Waals surface area contributed by atoms with Gasteiger partial charge in [0.1, 0.15) is 12.4 Å². The Bertz CT molecular complexity index is 473. The summed E-state index contributed by atoms with van der Waals surface area (Å²) in [5.74, 6) is 0.940. The number of amides is 1. The minimum absolute atomic E-state index is 0.0415. The summed E-state index contributed by atoms with van der Waals surface area (Å²) < 4.78 is 5.64. The van der Waals surface area contributed by atoms with Gasteiger partial charge in [-0.15, -0.1) is 0 Å². The first-order valence-corrected chi connectivity index (χ1v) is 7.98. The van der Waals surface area contributed by atoms with Crippen LogP contribution >= 0.6 is 0 Å². The van der Waals surface area contributed by atoms with Crippen molar-refractivity contribution < 1.29 is 9.53 Å². The molecule has 2 rings (SSSR count). The Morgan fingerprint density at radius 3 is 2.68 bits per heavy atom. The zero-order valence-electron chi connectivity index (χ0n) is 13.5. The summed E-state index contributed by atoms with van der Waals surface area (Å²) in [7, 11) is 4.03. The van der Waals surface area contributed by atoms with Crippen molar-refractivity contribution in [2.24, 2.45) is 11.7 Å². The number of ether oxygens (including phenoxy) is 1. The Hall–Kier alpha value is -1.59. The van der Waals surface area contributed by atoms with Gasteiger partial charge in [-0.05, 0) is 57.6 Å². The molecule has 1 saturated carbocycles. The monoisotopic (exact) mass is 305 g/mol. The number of benzene rings is 1. The van der Waals surface area contributed by atoms with E-state index in [1.165, 1.54) is 0 Å². The van der Waals surface area contributed by atoms with Gasteiger partial charge in [-0.2, -0.15) is 0 Å². The summed E-state index contributed by atoms with van der Waals surface area (Å²) in [5, 5.41) is 2.98. The fourth-order valence-electron chi connectivity index (χ4n) is 2.69. The molecule has 0 aromatic heterocycles. The van der Waals surface area contributed by atoms with E-state index >= 15 is 0 Å². The Morgan fingerprint density at radius 2 is 2.05 bits per heavy atom. The van der Waals surface area contributed by atoms with E-state index in [-0.39, 0.29) is 17.9 Å². The Balaban J connectivity index is 1.81. The second-order valence-corrected chi connectivity index (χ2v) is 6.29. The summed E-state index contributed by atoms with van der Waals surface area (Å²) in [6, 6.07) is 7.70. The van der Waals surface area contributed by atoms with Crippen molar-refractivity contribution in [3.8, 4) is 5.75 Å². The van der Waals surface area contributed by atoms with Crippen LogP contribution in [0.15, 0.2) is 24.3 Å². The lowest BCUT2D eigenvalue weighted by Crippen LogP contribution is -2.34. The van der Waals surface area contributed by atoms with Crippen LogP contribution in [0, 0.1) is 5.92 Å². The topological polar surface area (TPSA) is 67.6 Å². The van der Waals surface area contributed by atoms with E-state index in [1.54, 1.807) is 0 Å². The number of carbonyl (C=O) groups is 1. The van der Waals surface area contributed by atoms with Gasteiger partial charge < -0.3 is 20.7 Å². The number of nitrogens with two attached hydrogens (primary N) is 1. The maximum absolute atomic E-state index is 12.2. The molecule has 1 aliphatic rings. The molecule has 1 aromatic carbocycles. The summed E-state index contributed by atoms with van der Waals surface area (Å²) in [6.07, 6.45) is 3.80. The first-order chi connectivity index (χ1) is 10.5. The van der Waals surface area contributed by atoms with E-state index in [0.29, 0.717) is 6.61 Å². The molecule has 0 heterocycles. The molecule has 3 N–H and O–H groups in total. The first-order valence-electron chi connectivity index (χ1n) is 7.98. The van der Waals surface area contributed by atoms with Crippen molar-refractivity contribution in [3.63, 3.8) is 0 Å². The largest absolute Gasteiger partial charge is 0.492 e. The fraction of sp³-hybridized carbons (Fsp3) is 0.588. The number of hydrogen-bond acceptors (Lipinski definition) is 4. The molecule has 2 atom stereocenters. The van der Waals surface area contributed by atoms with Gasteiger partial charge in [-0.1, -0.05) is 6.42 Å². The van der Waals surface area contributed by atoms with Gasteiger partial charge in [-0.25, -0.2) is 0 Å². The average molecular weight is 305 g/mol. The van der Waals surface area contributed by atoms with Gasteiger partial charge in [-0.3, -0.25) is 4.79 Å². The van der Waals surface area contributed by atoms with Gasteiger partial charge in [0.15, 0.2) is 0 Å². The molecular weight excluding hydrogens is 278 g/mol. The Kier molecular flexibility index (Phi) is 6.21. The van der Waals surface area contributed by atoms with Gasteiger partial charge in [0, 0.05) is 24.2 Å². The van der Waals surface area contributed by atoms with Crippen LogP contribution in [0.3, 0.4) is 0 Å². The molecule has 1 fully saturated rings. The number of anilines is 1. The minimum Gasteiger partial charge on any atom is -0.492 e. The van der Waals surface area contributed by atoms with Gasteiger partial charge in [0.25, 0.3) is 0 Å². The molecule has 1 aromatic rings. The highest BCUT2D eigenvalue weighted by Crippen LogP contribution is 2.25. The van der Waals surface area contributed by atoms with Crippen molar-refractivity contribution >= 4 is 11.6 Å². The zero-order chi connectivity index (χ0) is 15.9. The third-order valence-corrected chi connectivity index (χ3v) is 4.01. The SMILES string of the molecule is CN(C)CCOc1ccc(NC(=O)C2CCCC(N)C2)cc1. The van der Waals surface area contributed by atoms with Crippen LogP contribution in [-0.2, 0) is 4.79 Å². The Morgan fingerprint density at radius 1 is 1.32 bits per heavy atom. The normalized spacial score (nSPS) is 21.6. The molecule has 22 heavy (non-hydrogen) atoms. The molecule has 0 spiro atoms. The van der Waals surface area contributed by atoms with E-state index in [2.05, 4.69) is 10.2 Å². The second-order valence-electron chi connectivity index (χ2n) is 6.29. The van der Waals surface area contributed by atoms with Crippen LogP contribution in [0.1, 0.15) is 25.7 Å². The van der Waals surface area contributed by atoms with Crippen molar-refractivity contribution in [2.75, 3.05) is 32.6 Å². The maximum atomic E-state index is 12.2. The highest BCUT2D eigenvalue weighted by atomic mass is 16.5. The number of carbonyl (C=O) groups excluding carboxylic acids is 1. The highest BCUT2D eigenvalue weighted by molar-refractivity contribution is 5.92. The molecule has 1 aliphatic carbocycles. The summed E-state index contributed by atoms with van der Waals surface area (Å²) in [4.78, 5) is 14.3. The minimum atomic E-state index is 0.0415. The molecule has 1 amide bonds. The van der Waals surface area contributed by atoms with Crippen LogP contribution in [0.25, 0.3) is 0 Å². The molecular formula is C17H27N3O2. The number of likely N-dealkylation sites (N-methyl/N-ethyl adjacent to an activating group) is 1. The number of nitrogens with one attached hydrogen (secondary N) is 1. The number of rotatable bonds is 6. The summed E-state index contributed by atoms with van der Waals surface area (Å²) in [5.41, 5.74) is 6.75. The van der Waals surface area contributed by atoms with E-state index in [4.69, 9.17) is 10.5 Å². The van der Waals surface area contributed by atoms with E-state index < -0.39 is 0 Å². The quantitative estimate of drug-likeness (QED) is 0.844. The van der Waals surface area contributed by atoms with Crippen LogP contribution in [0.5, 0.6) is 5.75 Å². The molecule has 0 aliphatic heterocycles. The predicted molar refractivity (Wildman–Crippen MR) is 89.1 cm³/mol. The van der Waals surface area contributed by atoms with Crippen LogP contribution in [0.2, 0.25) is 0 Å². The summed E-state index contributed by atoms with van der Waals surface area (Å²) >= 11 is 0. The average Bonchev–Trinajstić information content (AvgIpc) is 2.48. The Labute approximate surface area is 132 Å². The van der Waals surface area contributed by atoms with Crippen molar-refractivity contribution in [1.82, 2.24) is 4.90 Å². The third-order valence-electron chi connectivity index (χ3n) is 4.01. The van der Waals surface area contributed by atoms with E-state index in [1.807, 2.05) is 38.4 Å². The zero-order valence-corrected chi connectivity index (χ0v) is 13.5. The molecule has 122 valence electrons. The van der Waals surface area contributed by atoms with Gasteiger partial charge in [0.05, 0.1) is 0 Å². The fourth-order valence-corrected chi connectivity index (χ4v) is 2.69. The standard InChI is InChI=1S/C17H27N3O2/c1-20(2)10-11-22-16-8-6-15(7-9-16)19-17(21)13-4-3-5-14(18)12-13/h6-9,13-14H,3-5,10-12,18H2,1-2H3,(H,19,21). The van der Waals surface area contributed by atoms with Gasteiger partial charge in [0.2, 0.25) is 5.91 Å². The van der Waals surface area contributed by atoms with E-state index in [0.717, 1.165) is 43.7 Å². The molecule has 0 saturated heterocycles. The lowest BCUT2D eigenvalue weighted by molar-refractivity contribution is -0.120. The van der Waals surface area contributed by atoms with Crippen LogP contribution in [-0.4, -0.2) is 44.1 Å². The second kappa shape index (κ2) is 8.15. The lowest BCUT2D eigenvalue weighted by Gasteiger charge is -2.25. The van der Waals surface area contributed by atoms with E-state index in [9.17, 15) is 4.79 Å². The number of hydrogen-bond donors (Lipinski definition) is 2. The van der Waals surface area contributed by atoms with Crippen molar-refractivity contribution in [1.29, 1.82) is 0 Å². The predicted octanol–water partition coefficient (Wildman–Crippen LogP) is 2.08. The molecule has 5 heteroatoms. The summed E-state index contributed by atoms with van der Waals surface area (Å²) in [6.45, 7) is 1.53. The van der Waals surface area contributed by atoms with Crippen LogP contribution < -0.4 is 15.8 Å².